The molecule has 7 nitrogen and oxygen atoms in total. The average molecular weight is 317 g/mol. The van der Waals surface area contributed by atoms with Gasteiger partial charge in [-0.15, -0.1) is 0 Å². The molecule has 8 heteroatoms. The van der Waals surface area contributed by atoms with Crippen molar-refractivity contribution in [2.45, 2.75) is 18.0 Å². The second kappa shape index (κ2) is 6.18. The van der Waals surface area contributed by atoms with E-state index in [2.05, 4.69) is 20.4 Å². The molecule has 0 bridgehead atoms. The molecule has 0 spiro atoms. The van der Waals surface area contributed by atoms with E-state index in [1.807, 2.05) is 20.0 Å². The highest BCUT2D eigenvalue weighted by Gasteiger charge is 2.14. The predicted molar refractivity (Wildman–Crippen MR) is 82.3 cm³/mol. The molecule has 3 aromatic rings. The van der Waals surface area contributed by atoms with E-state index in [1.165, 1.54) is 18.1 Å². The van der Waals surface area contributed by atoms with Gasteiger partial charge in [0, 0.05) is 7.05 Å². The summed E-state index contributed by atoms with van der Waals surface area (Å²) in [6.07, 6.45) is 4.78. The Labute approximate surface area is 131 Å². The van der Waals surface area contributed by atoms with Crippen LogP contribution >= 0.6 is 11.8 Å². The lowest BCUT2D eigenvalue weighted by atomic mass is 10.2. The van der Waals surface area contributed by atoms with Crippen LogP contribution in [0.5, 0.6) is 0 Å². The van der Waals surface area contributed by atoms with Crippen molar-refractivity contribution in [3.8, 4) is 0 Å². The third kappa shape index (κ3) is 2.96. The number of hydrogen-bond donors (Lipinski definition) is 1. The molecule has 0 saturated carbocycles. The van der Waals surface area contributed by atoms with Gasteiger partial charge in [0.2, 0.25) is 5.91 Å². The van der Waals surface area contributed by atoms with Crippen molar-refractivity contribution in [2.24, 2.45) is 7.05 Å². The molecule has 3 heterocycles. The number of furan rings is 1. The van der Waals surface area contributed by atoms with Gasteiger partial charge < -0.3 is 9.73 Å². The highest BCUT2D eigenvalue weighted by molar-refractivity contribution is 8.00. The maximum Gasteiger partial charge on any atom is 0.230 e. The van der Waals surface area contributed by atoms with Gasteiger partial charge in [-0.25, -0.2) is 9.97 Å². The molecule has 1 N–H and O–H groups in total. The van der Waals surface area contributed by atoms with Crippen LogP contribution in [0.15, 0.2) is 40.4 Å². The van der Waals surface area contributed by atoms with Gasteiger partial charge in [0.1, 0.15) is 17.1 Å². The number of hydrogen-bond acceptors (Lipinski definition) is 6. The van der Waals surface area contributed by atoms with E-state index in [9.17, 15) is 4.79 Å². The number of carbonyl (C=O) groups is 1. The van der Waals surface area contributed by atoms with Gasteiger partial charge in [0.05, 0.1) is 29.6 Å². The summed E-state index contributed by atoms with van der Waals surface area (Å²) in [7, 11) is 1.82. The molecule has 0 radical (unpaired) electrons. The minimum Gasteiger partial charge on any atom is -0.467 e. The van der Waals surface area contributed by atoms with E-state index in [-0.39, 0.29) is 17.7 Å². The lowest BCUT2D eigenvalue weighted by molar-refractivity contribution is -0.119. The molecule has 0 aliphatic rings. The third-order valence-corrected chi connectivity index (χ3v) is 4.19. The van der Waals surface area contributed by atoms with Crippen molar-refractivity contribution < 1.29 is 9.21 Å². The number of carbonyl (C=O) groups excluding carboxylic acids is 1. The maximum atomic E-state index is 12.0. The Balaban J connectivity index is 1.63. The largest absolute Gasteiger partial charge is 0.467 e. The summed E-state index contributed by atoms with van der Waals surface area (Å²) in [6.45, 7) is 1.88. The summed E-state index contributed by atoms with van der Waals surface area (Å²) in [4.78, 5) is 20.4. The van der Waals surface area contributed by atoms with Crippen LogP contribution in [0.25, 0.3) is 11.0 Å². The Bertz CT molecular complexity index is 784. The number of aryl methyl sites for hydroxylation is 1. The standard InChI is InChI=1S/C14H15N5O2S/c1-9(11-4-3-5-21-11)18-12(20)7-22-14-10-6-17-19(2)13(10)15-8-16-14/h3-6,8-9H,7H2,1-2H3,(H,18,20)/t9-/m0/s1. The van der Waals surface area contributed by atoms with Crippen LogP contribution in [-0.4, -0.2) is 31.4 Å². The number of rotatable bonds is 5. The van der Waals surface area contributed by atoms with Gasteiger partial charge in [0.15, 0.2) is 5.65 Å². The second-order valence-corrected chi connectivity index (χ2v) is 5.74. The summed E-state index contributed by atoms with van der Waals surface area (Å²) in [5.41, 5.74) is 0.752. The van der Waals surface area contributed by atoms with E-state index in [1.54, 1.807) is 23.2 Å². The van der Waals surface area contributed by atoms with Crippen molar-refractivity contribution >= 4 is 28.7 Å². The molecule has 0 aromatic carbocycles. The Hall–Kier alpha value is -2.35. The molecule has 0 aliphatic carbocycles. The van der Waals surface area contributed by atoms with Crippen molar-refractivity contribution in [3.63, 3.8) is 0 Å². The number of amides is 1. The number of nitrogens with one attached hydrogen (secondary N) is 1. The molecular weight excluding hydrogens is 302 g/mol. The SMILES string of the molecule is C[C@H](NC(=O)CSc1ncnc2c1cnn2C)c1ccco1. The Morgan fingerprint density at radius 3 is 3.14 bits per heavy atom. The first kappa shape index (κ1) is 14.6. The molecule has 114 valence electrons. The Kier molecular flexibility index (Phi) is 4.10. The van der Waals surface area contributed by atoms with Crippen molar-refractivity contribution in [2.75, 3.05) is 5.75 Å². The summed E-state index contributed by atoms with van der Waals surface area (Å²) in [6, 6.07) is 3.47. The molecule has 0 saturated heterocycles. The normalized spacial score (nSPS) is 12.5. The van der Waals surface area contributed by atoms with Gasteiger partial charge in [-0.05, 0) is 19.1 Å². The van der Waals surface area contributed by atoms with Gasteiger partial charge >= 0.3 is 0 Å². The fourth-order valence-corrected chi connectivity index (χ4v) is 2.85. The van der Waals surface area contributed by atoms with Gasteiger partial charge in [-0.1, -0.05) is 11.8 Å². The summed E-state index contributed by atoms with van der Waals surface area (Å²) in [5.74, 6) is 0.922. The molecule has 0 aliphatic heterocycles. The van der Waals surface area contributed by atoms with Gasteiger partial charge in [0.25, 0.3) is 0 Å². The van der Waals surface area contributed by atoms with Crippen LogP contribution in [0.4, 0.5) is 0 Å². The van der Waals surface area contributed by atoms with Crippen molar-refractivity contribution in [3.05, 3.63) is 36.7 Å². The first-order chi connectivity index (χ1) is 10.6. The van der Waals surface area contributed by atoms with Crippen LogP contribution in [-0.2, 0) is 11.8 Å². The maximum absolute atomic E-state index is 12.0. The van der Waals surface area contributed by atoms with Crippen molar-refractivity contribution in [1.29, 1.82) is 0 Å². The molecule has 0 fully saturated rings. The fraction of sp³-hybridized carbons (Fsp3) is 0.286. The molecule has 1 atom stereocenters. The lowest BCUT2D eigenvalue weighted by Crippen LogP contribution is -2.27. The number of nitrogens with zero attached hydrogens (tertiary/aromatic N) is 4. The molecule has 3 rings (SSSR count). The first-order valence-corrected chi connectivity index (χ1v) is 7.72. The van der Waals surface area contributed by atoms with Crippen LogP contribution in [0.3, 0.4) is 0 Å². The highest BCUT2D eigenvalue weighted by atomic mass is 32.2. The zero-order valence-corrected chi connectivity index (χ0v) is 13.0. The molecule has 3 aromatic heterocycles. The smallest absolute Gasteiger partial charge is 0.230 e. The first-order valence-electron chi connectivity index (χ1n) is 6.73. The minimum atomic E-state index is -0.160. The quantitative estimate of drug-likeness (QED) is 0.571. The zero-order chi connectivity index (χ0) is 15.5. The average Bonchev–Trinajstić information content (AvgIpc) is 3.16. The monoisotopic (exact) mass is 317 g/mol. The Morgan fingerprint density at radius 1 is 1.50 bits per heavy atom. The number of thioether (sulfide) groups is 1. The van der Waals surface area contributed by atoms with Crippen LogP contribution in [0.2, 0.25) is 0 Å². The third-order valence-electron chi connectivity index (χ3n) is 3.18. The minimum absolute atomic E-state index is 0.0791. The summed E-state index contributed by atoms with van der Waals surface area (Å²) in [5, 5.41) is 8.64. The predicted octanol–water partition coefficient (Wildman–Crippen LogP) is 1.93. The Morgan fingerprint density at radius 2 is 2.36 bits per heavy atom. The van der Waals surface area contributed by atoms with E-state index < -0.39 is 0 Å². The molecule has 0 unspecified atom stereocenters. The van der Waals surface area contributed by atoms with E-state index in [0.717, 1.165) is 21.8 Å². The van der Waals surface area contributed by atoms with Crippen LogP contribution in [0, 0.1) is 0 Å². The lowest BCUT2D eigenvalue weighted by Gasteiger charge is -2.11. The molecule has 1 amide bonds. The summed E-state index contributed by atoms with van der Waals surface area (Å²) < 4.78 is 6.95. The fourth-order valence-electron chi connectivity index (χ4n) is 2.08. The molecular formula is C14H15N5O2S. The van der Waals surface area contributed by atoms with E-state index >= 15 is 0 Å². The van der Waals surface area contributed by atoms with Crippen LogP contribution in [0.1, 0.15) is 18.7 Å². The van der Waals surface area contributed by atoms with E-state index in [0.29, 0.717) is 0 Å². The summed E-state index contributed by atoms with van der Waals surface area (Å²) >= 11 is 1.36. The number of aromatic nitrogens is 4. The topological polar surface area (TPSA) is 85.8 Å². The highest BCUT2D eigenvalue weighted by Crippen LogP contribution is 2.23. The van der Waals surface area contributed by atoms with E-state index in [4.69, 9.17) is 4.42 Å². The van der Waals surface area contributed by atoms with Gasteiger partial charge in [-0.2, -0.15) is 5.10 Å². The zero-order valence-electron chi connectivity index (χ0n) is 12.2. The second-order valence-electron chi connectivity index (χ2n) is 4.78. The van der Waals surface area contributed by atoms with Crippen LogP contribution < -0.4 is 5.32 Å². The number of fused-ring (bicyclic) bond motifs is 1. The molecule has 22 heavy (non-hydrogen) atoms. The van der Waals surface area contributed by atoms with Crippen molar-refractivity contribution in [1.82, 2.24) is 25.1 Å². The van der Waals surface area contributed by atoms with Gasteiger partial charge in [-0.3, -0.25) is 9.48 Å².